The van der Waals surface area contributed by atoms with Crippen LogP contribution in [0.2, 0.25) is 0 Å². The molecule has 6 nitrogen and oxygen atoms in total. The monoisotopic (exact) mass is 311 g/mol. The average molecular weight is 311 g/mol. The topological polar surface area (TPSA) is 107 Å². The van der Waals surface area contributed by atoms with E-state index in [-0.39, 0.29) is 22.6 Å². The number of nitrogens with one attached hydrogen (secondary N) is 1. The molecule has 0 radical (unpaired) electrons. The van der Waals surface area contributed by atoms with Crippen molar-refractivity contribution in [2.75, 3.05) is 25.4 Å². The third-order valence-electron chi connectivity index (χ3n) is 3.76. The van der Waals surface area contributed by atoms with Crippen molar-refractivity contribution in [1.82, 2.24) is 4.90 Å². The molecule has 0 saturated carbocycles. The van der Waals surface area contributed by atoms with Gasteiger partial charge in [-0.1, -0.05) is 12.1 Å². The maximum absolute atomic E-state index is 12.3. The Morgan fingerprint density at radius 3 is 2.38 bits per heavy atom. The van der Waals surface area contributed by atoms with Crippen LogP contribution in [0.4, 0.5) is 0 Å². The zero-order valence-corrected chi connectivity index (χ0v) is 12.6. The Morgan fingerprint density at radius 1 is 1.29 bits per heavy atom. The number of likely N-dealkylation sites (tertiary alicyclic amines) is 1. The maximum Gasteiger partial charge on any atom is 0.179 e. The fraction of sp³-hybridized carbons (Fsp3) is 0.500. The summed E-state index contributed by atoms with van der Waals surface area (Å²) in [6.07, 6.45) is 1.15. The Balaban J connectivity index is 1.96. The second-order valence-electron chi connectivity index (χ2n) is 5.33. The number of hydrogen-bond donors (Lipinski definition) is 3. The number of sulfone groups is 1. The van der Waals surface area contributed by atoms with Gasteiger partial charge in [0.25, 0.3) is 0 Å². The minimum absolute atomic E-state index is 0.0580. The molecule has 7 heteroatoms. The van der Waals surface area contributed by atoms with Gasteiger partial charge in [-0.25, -0.2) is 8.42 Å². The molecule has 0 atom stereocenters. The molecule has 0 aromatic heterocycles. The fourth-order valence-corrected chi connectivity index (χ4v) is 3.64. The van der Waals surface area contributed by atoms with Gasteiger partial charge in [0.15, 0.2) is 9.84 Å². The van der Waals surface area contributed by atoms with E-state index in [1.807, 2.05) is 0 Å². The number of nitrogen functional groups attached to an aromatic ring is 1. The van der Waals surface area contributed by atoms with Crippen LogP contribution in [0, 0.1) is 5.41 Å². The first kappa shape index (κ1) is 15.9. The predicted octanol–water partition coefficient (Wildman–Crippen LogP) is 0.201. The molecule has 1 aliphatic rings. The highest BCUT2D eigenvalue weighted by atomic mass is 32.2. The summed E-state index contributed by atoms with van der Waals surface area (Å²) in [5, 5.41) is 16.7. The summed E-state index contributed by atoms with van der Waals surface area (Å²) in [5.74, 6) is -0.0199. The summed E-state index contributed by atoms with van der Waals surface area (Å²) in [6.45, 7) is 1.95. The summed E-state index contributed by atoms with van der Waals surface area (Å²) in [6, 6.07) is 6.08. The standard InChI is InChI=1S/C14H21N3O3S/c15-14(16)11-1-3-13(4-2-11)21(19,20)10-9-17-7-5-12(18)6-8-17/h1-4,12,18H,5-10H2,(H3,15,16). The summed E-state index contributed by atoms with van der Waals surface area (Å²) in [5.41, 5.74) is 5.86. The Labute approximate surface area is 125 Å². The van der Waals surface area contributed by atoms with Crippen LogP contribution in [-0.2, 0) is 9.84 Å². The molecule has 1 heterocycles. The van der Waals surface area contributed by atoms with Gasteiger partial charge in [-0.05, 0) is 25.0 Å². The molecular formula is C14H21N3O3S. The van der Waals surface area contributed by atoms with Crippen LogP contribution in [0.1, 0.15) is 18.4 Å². The molecule has 21 heavy (non-hydrogen) atoms. The normalized spacial score (nSPS) is 17.8. The summed E-state index contributed by atoms with van der Waals surface area (Å²) in [4.78, 5) is 2.32. The molecule has 0 aliphatic carbocycles. The molecule has 0 amide bonds. The number of amidine groups is 1. The number of piperidine rings is 1. The predicted molar refractivity (Wildman–Crippen MR) is 81.2 cm³/mol. The van der Waals surface area contributed by atoms with Crippen LogP contribution in [-0.4, -0.2) is 55.8 Å². The van der Waals surface area contributed by atoms with Gasteiger partial charge < -0.3 is 15.7 Å². The number of aliphatic hydroxyl groups is 1. The minimum Gasteiger partial charge on any atom is -0.393 e. The molecular weight excluding hydrogens is 290 g/mol. The second-order valence-corrected chi connectivity index (χ2v) is 7.44. The Morgan fingerprint density at radius 2 is 1.86 bits per heavy atom. The van der Waals surface area contributed by atoms with E-state index in [1.54, 1.807) is 12.1 Å². The van der Waals surface area contributed by atoms with Crippen molar-refractivity contribution in [2.24, 2.45) is 5.73 Å². The summed E-state index contributed by atoms with van der Waals surface area (Å²) in [7, 11) is -3.33. The number of aliphatic hydroxyl groups excluding tert-OH is 1. The number of nitrogens with zero attached hydrogens (tertiary/aromatic N) is 1. The molecule has 4 N–H and O–H groups in total. The quantitative estimate of drug-likeness (QED) is 0.532. The van der Waals surface area contributed by atoms with Gasteiger partial charge in [0.05, 0.1) is 16.8 Å². The van der Waals surface area contributed by atoms with Crippen molar-refractivity contribution < 1.29 is 13.5 Å². The average Bonchev–Trinajstić information content (AvgIpc) is 2.47. The largest absolute Gasteiger partial charge is 0.393 e. The molecule has 0 unspecified atom stereocenters. The van der Waals surface area contributed by atoms with Gasteiger partial charge in [0, 0.05) is 25.2 Å². The molecule has 1 aromatic carbocycles. The highest BCUT2D eigenvalue weighted by molar-refractivity contribution is 7.91. The van der Waals surface area contributed by atoms with Crippen LogP contribution < -0.4 is 5.73 Å². The van der Waals surface area contributed by atoms with Crippen molar-refractivity contribution in [3.63, 3.8) is 0 Å². The van der Waals surface area contributed by atoms with E-state index in [9.17, 15) is 13.5 Å². The fourth-order valence-electron chi connectivity index (χ4n) is 2.35. The molecule has 1 aromatic rings. The van der Waals surface area contributed by atoms with Crippen LogP contribution >= 0.6 is 0 Å². The third-order valence-corrected chi connectivity index (χ3v) is 5.47. The number of rotatable bonds is 5. The van der Waals surface area contributed by atoms with Gasteiger partial charge >= 0.3 is 0 Å². The van der Waals surface area contributed by atoms with Crippen LogP contribution in [0.5, 0.6) is 0 Å². The van der Waals surface area contributed by atoms with Gasteiger partial charge in [0.2, 0.25) is 0 Å². The van der Waals surface area contributed by atoms with Gasteiger partial charge in [0.1, 0.15) is 5.84 Å². The first-order valence-corrected chi connectivity index (χ1v) is 8.61. The van der Waals surface area contributed by atoms with E-state index in [1.165, 1.54) is 12.1 Å². The van der Waals surface area contributed by atoms with Gasteiger partial charge in [-0.15, -0.1) is 0 Å². The molecule has 0 bridgehead atoms. The number of nitrogens with two attached hydrogens (primary N) is 1. The Bertz CT molecular complexity index is 590. The first-order valence-electron chi connectivity index (χ1n) is 6.96. The van der Waals surface area contributed by atoms with Crippen molar-refractivity contribution in [3.8, 4) is 0 Å². The molecule has 1 fully saturated rings. The van der Waals surface area contributed by atoms with E-state index >= 15 is 0 Å². The second kappa shape index (κ2) is 6.55. The highest BCUT2D eigenvalue weighted by Gasteiger charge is 2.20. The van der Waals surface area contributed by atoms with Crippen LogP contribution in [0.3, 0.4) is 0 Å². The lowest BCUT2D eigenvalue weighted by molar-refractivity contribution is 0.0855. The first-order chi connectivity index (χ1) is 9.88. The molecule has 1 saturated heterocycles. The van der Waals surface area contributed by atoms with Crippen molar-refractivity contribution in [3.05, 3.63) is 29.8 Å². The van der Waals surface area contributed by atoms with E-state index in [4.69, 9.17) is 11.1 Å². The SMILES string of the molecule is N=C(N)c1ccc(S(=O)(=O)CCN2CCC(O)CC2)cc1. The highest BCUT2D eigenvalue weighted by Crippen LogP contribution is 2.14. The smallest absolute Gasteiger partial charge is 0.179 e. The third kappa shape index (κ3) is 4.26. The van der Waals surface area contributed by atoms with Crippen LogP contribution in [0.25, 0.3) is 0 Å². The molecule has 0 spiro atoms. The Kier molecular flexibility index (Phi) is 4.97. The minimum atomic E-state index is -3.33. The Hall–Kier alpha value is -1.44. The lowest BCUT2D eigenvalue weighted by Gasteiger charge is -2.29. The van der Waals surface area contributed by atoms with E-state index in [2.05, 4.69) is 4.90 Å². The zero-order chi connectivity index (χ0) is 15.5. The van der Waals surface area contributed by atoms with Crippen molar-refractivity contribution in [1.29, 1.82) is 5.41 Å². The molecule has 116 valence electrons. The molecule has 2 rings (SSSR count). The lowest BCUT2D eigenvalue weighted by Crippen LogP contribution is -2.38. The molecule has 1 aliphatic heterocycles. The number of benzene rings is 1. The summed E-state index contributed by atoms with van der Waals surface area (Å²) >= 11 is 0. The van der Waals surface area contributed by atoms with E-state index < -0.39 is 9.84 Å². The van der Waals surface area contributed by atoms with Crippen molar-refractivity contribution >= 4 is 15.7 Å². The van der Waals surface area contributed by atoms with E-state index in [0.29, 0.717) is 24.9 Å². The summed E-state index contributed by atoms with van der Waals surface area (Å²) < 4.78 is 24.5. The zero-order valence-electron chi connectivity index (χ0n) is 11.8. The number of hydrogen-bond acceptors (Lipinski definition) is 5. The maximum atomic E-state index is 12.3. The van der Waals surface area contributed by atoms with Gasteiger partial charge in [-0.3, -0.25) is 5.41 Å². The lowest BCUT2D eigenvalue weighted by atomic mass is 10.1. The van der Waals surface area contributed by atoms with E-state index in [0.717, 1.165) is 13.1 Å². The van der Waals surface area contributed by atoms with Crippen molar-refractivity contribution in [2.45, 2.75) is 23.8 Å². The van der Waals surface area contributed by atoms with Crippen LogP contribution in [0.15, 0.2) is 29.2 Å². The van der Waals surface area contributed by atoms with Gasteiger partial charge in [-0.2, -0.15) is 0 Å².